The minimum Gasteiger partial charge on any atom is -0.482 e. The van der Waals surface area contributed by atoms with Crippen LogP contribution in [0.5, 0.6) is 5.75 Å². The molecule has 0 unspecified atom stereocenters. The number of hydrogen-bond donors (Lipinski definition) is 0. The summed E-state index contributed by atoms with van der Waals surface area (Å²) in [7, 11) is 0. The molecule has 0 saturated heterocycles. The van der Waals surface area contributed by atoms with Crippen LogP contribution in [0.2, 0.25) is 0 Å². The smallest absolute Gasteiger partial charge is 0.307 e. The van der Waals surface area contributed by atoms with Crippen molar-refractivity contribution in [1.82, 2.24) is 0 Å². The van der Waals surface area contributed by atoms with E-state index in [0.29, 0.717) is 17.0 Å². The highest BCUT2D eigenvalue weighted by Gasteiger charge is 2.20. The third-order valence-corrected chi connectivity index (χ3v) is 3.61. The molecular formula is C13H9F2NO4S. The van der Waals surface area contributed by atoms with E-state index in [4.69, 9.17) is 4.74 Å². The van der Waals surface area contributed by atoms with Crippen molar-refractivity contribution in [3.63, 3.8) is 0 Å². The zero-order valence-corrected chi connectivity index (χ0v) is 11.6. The van der Waals surface area contributed by atoms with Gasteiger partial charge in [-0.3, -0.25) is 14.9 Å². The van der Waals surface area contributed by atoms with E-state index in [-0.39, 0.29) is 5.78 Å². The van der Waals surface area contributed by atoms with Gasteiger partial charge in [-0.15, -0.1) is 11.3 Å². The minimum atomic E-state index is -1.23. The highest BCUT2D eigenvalue weighted by Crippen LogP contribution is 2.26. The molecule has 0 fully saturated rings. The summed E-state index contributed by atoms with van der Waals surface area (Å²) in [5.41, 5.74) is -0.986. The van der Waals surface area contributed by atoms with Crippen LogP contribution in [0.15, 0.2) is 24.3 Å². The number of Topliss-reactive ketones (excluding diaryl/α,β-unsaturated/α-hetero) is 1. The number of nitro groups is 1. The second-order valence-electron chi connectivity index (χ2n) is 4.11. The Hall–Kier alpha value is -2.35. The highest BCUT2D eigenvalue weighted by atomic mass is 32.1. The molecule has 8 heteroatoms. The second-order valence-corrected chi connectivity index (χ2v) is 5.40. The molecular weight excluding hydrogens is 304 g/mol. The Labute approximate surface area is 121 Å². The molecule has 0 radical (unpaired) electrons. The van der Waals surface area contributed by atoms with E-state index in [1.54, 1.807) is 12.1 Å². The Morgan fingerprint density at radius 1 is 1.33 bits per heavy atom. The number of benzene rings is 1. The van der Waals surface area contributed by atoms with Crippen LogP contribution in [0.4, 0.5) is 14.5 Å². The van der Waals surface area contributed by atoms with Gasteiger partial charge in [0.25, 0.3) is 0 Å². The molecule has 0 atom stereocenters. The Morgan fingerprint density at radius 2 is 2.05 bits per heavy atom. The van der Waals surface area contributed by atoms with E-state index in [1.165, 1.54) is 11.3 Å². The fraction of sp³-hybridized carbons (Fsp3) is 0.154. The van der Waals surface area contributed by atoms with Crippen molar-refractivity contribution in [3.8, 4) is 5.75 Å². The summed E-state index contributed by atoms with van der Waals surface area (Å²) in [5.74, 6) is -3.25. The molecule has 2 rings (SSSR count). The third-order valence-electron chi connectivity index (χ3n) is 2.57. The van der Waals surface area contributed by atoms with Crippen LogP contribution in [0.3, 0.4) is 0 Å². The average Bonchev–Trinajstić information content (AvgIpc) is 2.85. The predicted molar refractivity (Wildman–Crippen MR) is 71.9 cm³/mol. The molecule has 0 aliphatic rings. The van der Waals surface area contributed by atoms with Gasteiger partial charge in [0.1, 0.15) is 0 Å². The van der Waals surface area contributed by atoms with E-state index < -0.39 is 34.6 Å². The minimum absolute atomic E-state index is 0.383. The Kier molecular flexibility index (Phi) is 4.27. The molecule has 0 bridgehead atoms. The van der Waals surface area contributed by atoms with Crippen molar-refractivity contribution >= 4 is 22.8 Å². The van der Waals surface area contributed by atoms with Crippen molar-refractivity contribution in [2.45, 2.75) is 6.92 Å². The van der Waals surface area contributed by atoms with Crippen molar-refractivity contribution in [3.05, 3.63) is 55.8 Å². The standard InChI is InChI=1S/C13H9F2NO4S/c1-7-2-3-13(21-7)11(17)6-20-12-5-8(14)10(16(18)19)4-9(12)15/h2-5H,6H2,1H3. The van der Waals surface area contributed by atoms with E-state index in [0.717, 1.165) is 4.88 Å². The summed E-state index contributed by atoms with van der Waals surface area (Å²) in [6.07, 6.45) is 0. The summed E-state index contributed by atoms with van der Waals surface area (Å²) in [6, 6.07) is 4.34. The lowest BCUT2D eigenvalue weighted by Crippen LogP contribution is -2.11. The van der Waals surface area contributed by atoms with Gasteiger partial charge in [-0.1, -0.05) is 0 Å². The number of thiophene rings is 1. The maximum absolute atomic E-state index is 13.5. The van der Waals surface area contributed by atoms with Gasteiger partial charge in [0.05, 0.1) is 15.9 Å². The number of hydrogen-bond acceptors (Lipinski definition) is 5. The van der Waals surface area contributed by atoms with Crippen LogP contribution in [0.1, 0.15) is 14.5 Å². The van der Waals surface area contributed by atoms with Crippen molar-refractivity contribution in [2.24, 2.45) is 0 Å². The van der Waals surface area contributed by atoms with Crippen molar-refractivity contribution < 1.29 is 23.2 Å². The highest BCUT2D eigenvalue weighted by molar-refractivity contribution is 7.14. The number of nitro benzene ring substituents is 1. The Morgan fingerprint density at radius 3 is 2.62 bits per heavy atom. The second kappa shape index (κ2) is 5.96. The summed E-state index contributed by atoms with van der Waals surface area (Å²) in [4.78, 5) is 22.5. The van der Waals surface area contributed by atoms with Crippen molar-refractivity contribution in [1.29, 1.82) is 0 Å². The van der Waals surface area contributed by atoms with Crippen LogP contribution in [0, 0.1) is 28.7 Å². The maximum Gasteiger partial charge on any atom is 0.307 e. The maximum atomic E-state index is 13.5. The van der Waals surface area contributed by atoms with Gasteiger partial charge in [-0.2, -0.15) is 4.39 Å². The number of aryl methyl sites for hydroxylation is 1. The number of rotatable bonds is 5. The summed E-state index contributed by atoms with van der Waals surface area (Å²) in [5, 5.41) is 10.4. The lowest BCUT2D eigenvalue weighted by atomic mass is 10.2. The van der Waals surface area contributed by atoms with Gasteiger partial charge in [-0.25, -0.2) is 4.39 Å². The van der Waals surface area contributed by atoms with Gasteiger partial charge < -0.3 is 4.74 Å². The molecule has 0 amide bonds. The van der Waals surface area contributed by atoms with Gasteiger partial charge in [0.15, 0.2) is 18.2 Å². The van der Waals surface area contributed by atoms with E-state index >= 15 is 0 Å². The Balaban J connectivity index is 2.12. The molecule has 1 aromatic carbocycles. The van der Waals surface area contributed by atoms with Gasteiger partial charge in [-0.05, 0) is 19.1 Å². The SMILES string of the molecule is Cc1ccc(C(=O)COc2cc(F)c([N+](=O)[O-])cc2F)s1. The van der Waals surface area contributed by atoms with Crippen LogP contribution in [-0.4, -0.2) is 17.3 Å². The van der Waals surface area contributed by atoms with Gasteiger partial charge >= 0.3 is 5.69 Å². The molecule has 0 spiro atoms. The number of nitrogens with zero attached hydrogens (tertiary/aromatic N) is 1. The summed E-state index contributed by atoms with van der Waals surface area (Å²) < 4.78 is 31.8. The zero-order valence-electron chi connectivity index (χ0n) is 10.8. The molecule has 2 aromatic rings. The van der Waals surface area contributed by atoms with Crippen LogP contribution in [-0.2, 0) is 0 Å². The topological polar surface area (TPSA) is 69.4 Å². The molecule has 5 nitrogen and oxygen atoms in total. The summed E-state index contributed by atoms with van der Waals surface area (Å²) >= 11 is 1.26. The molecule has 1 aromatic heterocycles. The van der Waals surface area contributed by atoms with Crippen molar-refractivity contribution in [2.75, 3.05) is 6.61 Å². The largest absolute Gasteiger partial charge is 0.482 e. The first kappa shape index (κ1) is 15.0. The first-order valence-electron chi connectivity index (χ1n) is 5.74. The fourth-order valence-corrected chi connectivity index (χ4v) is 2.36. The monoisotopic (exact) mass is 313 g/mol. The number of halogens is 2. The van der Waals surface area contributed by atoms with E-state index in [1.807, 2.05) is 6.92 Å². The first-order chi connectivity index (χ1) is 9.88. The van der Waals surface area contributed by atoms with Crippen LogP contribution in [0.25, 0.3) is 0 Å². The lowest BCUT2D eigenvalue weighted by molar-refractivity contribution is -0.387. The zero-order chi connectivity index (χ0) is 15.6. The molecule has 1 heterocycles. The number of carbonyl (C=O) groups is 1. The number of ketones is 1. The van der Waals surface area contributed by atoms with Gasteiger partial charge in [0.2, 0.25) is 11.6 Å². The van der Waals surface area contributed by atoms with E-state index in [2.05, 4.69) is 0 Å². The molecule has 21 heavy (non-hydrogen) atoms. The molecule has 110 valence electrons. The van der Waals surface area contributed by atoms with Crippen LogP contribution < -0.4 is 4.74 Å². The first-order valence-corrected chi connectivity index (χ1v) is 6.56. The lowest BCUT2D eigenvalue weighted by Gasteiger charge is -2.06. The number of carbonyl (C=O) groups excluding carboxylic acids is 1. The fourth-order valence-electron chi connectivity index (χ4n) is 1.57. The molecule has 0 aliphatic heterocycles. The molecule has 0 saturated carbocycles. The van der Waals surface area contributed by atoms with Gasteiger partial charge in [0, 0.05) is 10.9 Å². The van der Waals surface area contributed by atoms with E-state index in [9.17, 15) is 23.7 Å². The molecule has 0 N–H and O–H groups in total. The summed E-state index contributed by atoms with van der Waals surface area (Å²) in [6.45, 7) is 1.35. The number of ether oxygens (including phenoxy) is 1. The average molecular weight is 313 g/mol. The predicted octanol–water partition coefficient (Wildman–Crippen LogP) is 3.50. The third kappa shape index (κ3) is 3.40. The quantitative estimate of drug-likeness (QED) is 0.481. The van der Waals surface area contributed by atoms with Crippen LogP contribution >= 0.6 is 11.3 Å². The normalized spacial score (nSPS) is 10.4. The molecule has 0 aliphatic carbocycles. The Bertz CT molecular complexity index is 714.